The van der Waals surface area contributed by atoms with Crippen LogP contribution in [0, 0.1) is 0 Å². The smallest absolute Gasteiger partial charge is 0.274 e. The molecule has 0 saturated carbocycles. The van der Waals surface area contributed by atoms with Crippen molar-refractivity contribution in [1.29, 1.82) is 0 Å². The molecule has 1 aliphatic heterocycles. The van der Waals surface area contributed by atoms with Crippen LogP contribution in [-0.2, 0) is 16.5 Å². The number of piperazine rings is 1. The maximum atomic E-state index is 12.1. The van der Waals surface area contributed by atoms with Crippen LogP contribution in [0.4, 0.5) is 17.2 Å². The molecule has 3 heterocycles. The van der Waals surface area contributed by atoms with E-state index in [2.05, 4.69) is 76.0 Å². The molecule has 0 amide bonds. The second-order valence-electron chi connectivity index (χ2n) is 7.82. The molecule has 0 bridgehead atoms. The van der Waals surface area contributed by atoms with Crippen LogP contribution in [0.25, 0.3) is 0 Å². The molecule has 0 unspecified atom stereocenters. The Bertz CT molecular complexity index is 876. The summed E-state index contributed by atoms with van der Waals surface area (Å²) in [6.45, 7) is 13.9. The van der Waals surface area contributed by atoms with E-state index in [9.17, 15) is 4.79 Å². The van der Waals surface area contributed by atoms with Crippen LogP contribution >= 0.6 is 31.9 Å². The number of aromatic nitrogens is 2. The van der Waals surface area contributed by atoms with Crippen molar-refractivity contribution >= 4 is 49.1 Å². The van der Waals surface area contributed by atoms with Gasteiger partial charge in [-0.15, -0.1) is 0 Å². The lowest BCUT2D eigenvalue weighted by atomic mass is 10.3. The highest BCUT2D eigenvalue weighted by Crippen LogP contribution is 2.19. The summed E-state index contributed by atoms with van der Waals surface area (Å²) < 4.78 is 11.9. The van der Waals surface area contributed by atoms with Gasteiger partial charge in [-0.25, -0.2) is 4.98 Å². The first kappa shape index (κ1) is 38.6. The van der Waals surface area contributed by atoms with Crippen LogP contribution in [-0.4, -0.2) is 93.5 Å². The Hall–Kier alpha value is -1.50. The van der Waals surface area contributed by atoms with Gasteiger partial charge in [-0.2, -0.15) is 0 Å². The van der Waals surface area contributed by atoms with E-state index in [0.29, 0.717) is 11.5 Å². The van der Waals surface area contributed by atoms with E-state index in [4.69, 9.17) is 4.74 Å². The normalized spacial score (nSPS) is 12.1. The van der Waals surface area contributed by atoms with Gasteiger partial charge in [0.05, 0.1) is 25.1 Å². The molecule has 0 aliphatic carbocycles. The van der Waals surface area contributed by atoms with Crippen LogP contribution in [0.15, 0.2) is 39.9 Å². The summed E-state index contributed by atoms with van der Waals surface area (Å²) in [5, 5.41) is 7.34. The van der Waals surface area contributed by atoms with Crippen molar-refractivity contribution in [3.8, 4) is 0 Å². The monoisotopic (exact) mass is 664 g/mol. The van der Waals surface area contributed by atoms with Crippen molar-refractivity contribution in [2.24, 2.45) is 7.05 Å². The largest absolute Gasteiger partial charge is 0.384 e. The maximum absolute atomic E-state index is 12.1. The summed E-state index contributed by atoms with van der Waals surface area (Å²) in [7, 11) is 7.21. The Balaban J connectivity index is 0. The zero-order chi connectivity index (χ0) is 28.1. The molecule has 0 radical (unpaired) electrons. The molecule has 0 atom stereocenters. The predicted octanol–water partition coefficient (Wildman–Crippen LogP) is 4.97. The zero-order valence-electron chi connectivity index (χ0n) is 23.5. The standard InChI is InChI=1S/C15H18BrN5O.C6H15NO.C3H7BrO.C2H6.CH4/c1-20-10-11(16)8-13(15(20)22)19-14-3-2-12(9-18-14)21-6-4-17-5-7-21;1-4-7(2)5-6-8-3;1-5-3-2-4;1-2;/h2-3,8-10,17H,4-7H2,1H3,(H,18,19);4-6H2,1-3H3;2-3H2,1H3;1-2H3;1H4. The topological polar surface area (TPSA) is 83.9 Å². The molecule has 1 aliphatic rings. The highest BCUT2D eigenvalue weighted by Gasteiger charge is 2.11. The van der Waals surface area contributed by atoms with Crippen LogP contribution in [0.3, 0.4) is 0 Å². The molecule has 3 rings (SSSR count). The SMILES string of the molecule is C.CC.CCN(C)CCOC.COCCBr.Cn1cc(Br)cc(Nc2ccc(N3CCNCC3)cn2)c1=O. The number of anilines is 3. The van der Waals surface area contributed by atoms with Crippen molar-refractivity contribution in [3.05, 3.63) is 45.4 Å². The molecule has 1 saturated heterocycles. The predicted molar refractivity (Wildman–Crippen MR) is 171 cm³/mol. The second-order valence-corrected chi connectivity index (χ2v) is 9.53. The molecule has 1 fully saturated rings. The van der Waals surface area contributed by atoms with Gasteiger partial charge in [-0.1, -0.05) is 44.1 Å². The molecular weight excluding hydrogens is 616 g/mol. The Morgan fingerprint density at radius 1 is 1.16 bits per heavy atom. The van der Waals surface area contributed by atoms with Crippen molar-refractivity contribution in [2.45, 2.75) is 28.2 Å². The van der Waals surface area contributed by atoms with E-state index >= 15 is 0 Å². The highest BCUT2D eigenvalue weighted by molar-refractivity contribution is 9.10. The van der Waals surface area contributed by atoms with Crippen LogP contribution in [0.2, 0.25) is 0 Å². The molecule has 2 N–H and O–H groups in total. The molecule has 0 aromatic carbocycles. The van der Waals surface area contributed by atoms with Crippen molar-refractivity contribution in [1.82, 2.24) is 19.8 Å². The number of nitrogens with one attached hydrogen (secondary N) is 2. The molecular formula is C27H50Br2N6O3. The summed E-state index contributed by atoms with van der Waals surface area (Å²) in [6, 6.07) is 5.69. The summed E-state index contributed by atoms with van der Waals surface area (Å²) in [5.41, 5.74) is 1.52. The second kappa shape index (κ2) is 24.5. The number of hydrogen-bond donors (Lipinski definition) is 2. The minimum atomic E-state index is -0.0869. The third-order valence-corrected chi connectivity index (χ3v) is 5.90. The fraction of sp³-hybridized carbons (Fsp3) is 0.630. The van der Waals surface area contributed by atoms with E-state index in [-0.39, 0.29) is 13.0 Å². The molecule has 38 heavy (non-hydrogen) atoms. The number of pyridine rings is 2. The molecule has 9 nitrogen and oxygen atoms in total. The molecule has 2 aromatic heterocycles. The number of methoxy groups -OCH3 is 2. The van der Waals surface area contributed by atoms with Gasteiger partial charge in [-0.3, -0.25) is 4.79 Å². The number of aryl methyl sites for hydroxylation is 1. The fourth-order valence-corrected chi connectivity index (χ4v) is 3.81. The first-order chi connectivity index (χ1) is 17.9. The van der Waals surface area contributed by atoms with Crippen molar-refractivity contribution in [2.75, 3.05) is 89.3 Å². The number of ether oxygens (including phenoxy) is 2. The van der Waals surface area contributed by atoms with Crippen molar-refractivity contribution < 1.29 is 9.47 Å². The average molecular weight is 667 g/mol. The van der Waals surface area contributed by atoms with E-state index in [0.717, 1.165) is 68.0 Å². The number of likely N-dealkylation sites (N-methyl/N-ethyl adjacent to an activating group) is 1. The zero-order valence-corrected chi connectivity index (χ0v) is 26.7. The van der Waals surface area contributed by atoms with E-state index in [1.54, 1.807) is 33.5 Å². The molecule has 11 heteroatoms. The first-order valence-electron chi connectivity index (χ1n) is 12.6. The third kappa shape index (κ3) is 16.5. The minimum absolute atomic E-state index is 0. The van der Waals surface area contributed by atoms with Crippen LogP contribution in [0.1, 0.15) is 28.2 Å². The Labute approximate surface area is 247 Å². The van der Waals surface area contributed by atoms with Crippen LogP contribution < -0.4 is 21.1 Å². The van der Waals surface area contributed by atoms with E-state index < -0.39 is 0 Å². The summed E-state index contributed by atoms with van der Waals surface area (Å²) in [4.78, 5) is 21.0. The quantitative estimate of drug-likeness (QED) is 0.364. The lowest BCUT2D eigenvalue weighted by Crippen LogP contribution is -2.43. The van der Waals surface area contributed by atoms with E-state index in [1.807, 2.05) is 32.2 Å². The van der Waals surface area contributed by atoms with Gasteiger partial charge in [0.15, 0.2) is 0 Å². The lowest BCUT2D eigenvalue weighted by molar-refractivity contribution is 0.164. The summed E-state index contributed by atoms with van der Waals surface area (Å²) in [5.74, 6) is 0.661. The Morgan fingerprint density at radius 3 is 2.26 bits per heavy atom. The van der Waals surface area contributed by atoms with Gasteiger partial charge in [0.2, 0.25) is 0 Å². The van der Waals surface area contributed by atoms with Crippen LogP contribution in [0.5, 0.6) is 0 Å². The van der Waals surface area contributed by atoms with Gasteiger partial charge in [0.1, 0.15) is 11.5 Å². The van der Waals surface area contributed by atoms with Gasteiger partial charge in [-0.05, 0) is 47.7 Å². The molecule has 2 aromatic rings. The number of halogens is 2. The van der Waals surface area contributed by atoms with E-state index in [1.165, 1.54) is 4.57 Å². The maximum Gasteiger partial charge on any atom is 0.274 e. The fourth-order valence-electron chi connectivity index (χ4n) is 2.95. The number of rotatable bonds is 9. The number of nitrogens with zero attached hydrogens (tertiary/aromatic N) is 4. The van der Waals surface area contributed by atoms with Crippen molar-refractivity contribution in [3.63, 3.8) is 0 Å². The summed E-state index contributed by atoms with van der Waals surface area (Å²) >= 11 is 6.58. The highest BCUT2D eigenvalue weighted by atomic mass is 79.9. The average Bonchev–Trinajstić information content (AvgIpc) is 2.93. The Morgan fingerprint density at radius 2 is 1.79 bits per heavy atom. The molecule has 0 spiro atoms. The van der Waals surface area contributed by atoms with Gasteiger partial charge >= 0.3 is 0 Å². The summed E-state index contributed by atoms with van der Waals surface area (Å²) in [6.07, 6.45) is 3.57. The van der Waals surface area contributed by atoms with Gasteiger partial charge < -0.3 is 34.5 Å². The lowest BCUT2D eigenvalue weighted by Gasteiger charge is -2.29. The molecule has 220 valence electrons. The minimum Gasteiger partial charge on any atom is -0.384 e. The van der Waals surface area contributed by atoms with Gasteiger partial charge in [0.25, 0.3) is 5.56 Å². The van der Waals surface area contributed by atoms with Gasteiger partial charge in [0, 0.05) is 70.0 Å². The third-order valence-electron chi connectivity index (χ3n) is 5.14. The number of hydrogen-bond acceptors (Lipinski definition) is 8. The Kier molecular flexibility index (Phi) is 25.0. The first-order valence-corrected chi connectivity index (χ1v) is 14.5. The number of alkyl halides is 1.